The summed E-state index contributed by atoms with van der Waals surface area (Å²) in [6.45, 7) is 4.63. The molecule has 2 aromatic rings. The summed E-state index contributed by atoms with van der Waals surface area (Å²) in [5.41, 5.74) is 0.860. The fourth-order valence-electron chi connectivity index (χ4n) is 2.71. The number of carbonyl (C=O) groups is 1. The third-order valence-corrected chi connectivity index (χ3v) is 5.63. The van der Waals surface area contributed by atoms with Gasteiger partial charge in [-0.05, 0) is 38.0 Å². The summed E-state index contributed by atoms with van der Waals surface area (Å²) in [6, 6.07) is 1.70. The second-order valence-electron chi connectivity index (χ2n) is 5.41. The van der Waals surface area contributed by atoms with E-state index in [-0.39, 0.29) is 17.0 Å². The Balaban J connectivity index is 2.00. The van der Waals surface area contributed by atoms with Gasteiger partial charge in [0.1, 0.15) is 10.6 Å². The van der Waals surface area contributed by atoms with E-state index < -0.39 is 0 Å². The van der Waals surface area contributed by atoms with Gasteiger partial charge in [0.05, 0.1) is 10.7 Å². The molecule has 1 aliphatic heterocycles. The highest BCUT2D eigenvalue weighted by molar-refractivity contribution is 7.99. The molecule has 3 rings (SSSR count). The molecule has 23 heavy (non-hydrogen) atoms. The van der Waals surface area contributed by atoms with Crippen molar-refractivity contribution < 1.29 is 4.79 Å². The Kier molecular flexibility index (Phi) is 4.87. The fourth-order valence-corrected chi connectivity index (χ4v) is 4.37. The number of nitrogens with zero attached hydrogens (tertiary/aromatic N) is 2. The maximum Gasteiger partial charge on any atom is 0.264 e. The summed E-state index contributed by atoms with van der Waals surface area (Å²) in [4.78, 5) is 35.0. The topological polar surface area (TPSA) is 66.1 Å². The molecule has 3 heterocycles. The number of thiazole rings is 1. The van der Waals surface area contributed by atoms with Crippen molar-refractivity contribution in [1.82, 2.24) is 9.97 Å². The van der Waals surface area contributed by atoms with Gasteiger partial charge in [0.15, 0.2) is 0 Å². The summed E-state index contributed by atoms with van der Waals surface area (Å²) < 4.78 is 0. The van der Waals surface area contributed by atoms with Gasteiger partial charge in [0.25, 0.3) is 11.5 Å². The molecule has 2 aromatic heterocycles. The Hall–Kier alpha value is -1.60. The van der Waals surface area contributed by atoms with Crippen molar-refractivity contribution in [2.75, 3.05) is 17.2 Å². The first-order valence-corrected chi connectivity index (χ1v) is 9.54. The molecule has 122 valence electrons. The number of hydrogen-bond donors (Lipinski definition) is 1. The molecule has 7 heteroatoms. The molecule has 5 nitrogen and oxygen atoms in total. The Bertz CT molecular complexity index is 782. The highest BCUT2D eigenvalue weighted by Crippen LogP contribution is 2.33. The van der Waals surface area contributed by atoms with Gasteiger partial charge in [-0.3, -0.25) is 14.5 Å². The zero-order valence-electron chi connectivity index (χ0n) is 13.2. The Morgan fingerprint density at radius 2 is 2.30 bits per heavy atom. The van der Waals surface area contributed by atoms with E-state index in [2.05, 4.69) is 9.97 Å². The number of nitrogens with one attached hydrogen (secondary N) is 1. The number of aromatic nitrogens is 2. The first-order valence-electron chi connectivity index (χ1n) is 7.74. The zero-order valence-corrected chi connectivity index (χ0v) is 14.9. The van der Waals surface area contributed by atoms with Gasteiger partial charge in [0.2, 0.25) is 0 Å². The van der Waals surface area contributed by atoms with Crippen LogP contribution in [-0.2, 0) is 6.42 Å². The van der Waals surface area contributed by atoms with Crippen molar-refractivity contribution in [3.05, 3.63) is 38.9 Å². The molecule has 0 aromatic carbocycles. The number of carbonyl (C=O) groups excluding carboxylic acids is 1. The lowest BCUT2D eigenvalue weighted by Crippen LogP contribution is -2.35. The van der Waals surface area contributed by atoms with Crippen LogP contribution >= 0.6 is 23.1 Å². The summed E-state index contributed by atoms with van der Waals surface area (Å²) in [5, 5.41) is 1.86. The molecule has 0 fully saturated rings. The molecule has 0 radical (unpaired) electrons. The predicted molar refractivity (Wildman–Crippen MR) is 94.9 cm³/mol. The molecule has 0 saturated heterocycles. The van der Waals surface area contributed by atoms with Crippen LogP contribution in [0.2, 0.25) is 0 Å². The van der Waals surface area contributed by atoms with E-state index in [1.807, 2.05) is 13.8 Å². The standard InChI is InChI=1S/C16H19N3O2S2/c1-3-22-11-8-12(14(20)17-9-11)15(21)19-7-5-4-6-13-16(19)23-10(2)18-13/h8-9H,3-7H2,1-2H3,(H,17,20). The quantitative estimate of drug-likeness (QED) is 0.864. The number of amides is 1. The Morgan fingerprint density at radius 3 is 3.09 bits per heavy atom. The van der Waals surface area contributed by atoms with Crippen molar-refractivity contribution in [2.24, 2.45) is 0 Å². The smallest absolute Gasteiger partial charge is 0.264 e. The number of H-pyrrole nitrogens is 1. The lowest BCUT2D eigenvalue weighted by atomic mass is 10.2. The Labute approximate surface area is 143 Å². The van der Waals surface area contributed by atoms with Crippen LogP contribution in [0.1, 0.15) is 40.8 Å². The molecule has 0 aliphatic carbocycles. The number of hydrogen-bond acceptors (Lipinski definition) is 5. The Morgan fingerprint density at radius 1 is 1.48 bits per heavy atom. The number of thioether (sulfide) groups is 1. The van der Waals surface area contributed by atoms with E-state index in [9.17, 15) is 9.59 Å². The highest BCUT2D eigenvalue weighted by Gasteiger charge is 2.27. The molecule has 0 saturated carbocycles. The predicted octanol–water partition coefficient (Wildman–Crippen LogP) is 3.23. The first-order chi connectivity index (χ1) is 11.1. The summed E-state index contributed by atoms with van der Waals surface area (Å²) >= 11 is 3.14. The van der Waals surface area contributed by atoms with E-state index in [0.29, 0.717) is 6.54 Å². The molecule has 0 unspecified atom stereocenters. The van der Waals surface area contributed by atoms with Crippen LogP contribution in [0.15, 0.2) is 22.0 Å². The lowest BCUT2D eigenvalue weighted by Gasteiger charge is -2.19. The van der Waals surface area contributed by atoms with Crippen molar-refractivity contribution in [3.8, 4) is 0 Å². The van der Waals surface area contributed by atoms with Crippen molar-refractivity contribution >= 4 is 34.0 Å². The third kappa shape index (κ3) is 3.35. The van der Waals surface area contributed by atoms with Gasteiger partial charge >= 0.3 is 0 Å². The van der Waals surface area contributed by atoms with Crippen molar-refractivity contribution in [2.45, 2.75) is 38.0 Å². The van der Waals surface area contributed by atoms with Crippen molar-refractivity contribution in [1.29, 1.82) is 0 Å². The summed E-state index contributed by atoms with van der Waals surface area (Å²) in [7, 11) is 0. The number of anilines is 1. The van der Waals surface area contributed by atoms with Crippen LogP contribution in [0, 0.1) is 6.92 Å². The minimum atomic E-state index is -0.331. The van der Waals surface area contributed by atoms with Gasteiger partial charge in [-0.15, -0.1) is 23.1 Å². The molecular formula is C16H19N3O2S2. The number of aryl methyl sites for hydroxylation is 2. The van der Waals surface area contributed by atoms with E-state index in [1.54, 1.807) is 28.9 Å². The second-order valence-corrected chi connectivity index (χ2v) is 7.93. The fraction of sp³-hybridized carbons (Fsp3) is 0.438. The number of fused-ring (bicyclic) bond motifs is 1. The molecular weight excluding hydrogens is 330 g/mol. The molecule has 1 N–H and O–H groups in total. The second kappa shape index (κ2) is 6.88. The van der Waals surface area contributed by atoms with Crippen molar-refractivity contribution in [3.63, 3.8) is 0 Å². The maximum absolute atomic E-state index is 13.0. The number of rotatable bonds is 3. The normalized spacial score (nSPS) is 14.4. The van der Waals surface area contributed by atoms with Gasteiger partial charge in [-0.1, -0.05) is 6.92 Å². The average Bonchev–Trinajstić information content (AvgIpc) is 2.78. The van der Waals surface area contributed by atoms with Crippen LogP contribution in [0.4, 0.5) is 5.00 Å². The van der Waals surface area contributed by atoms with E-state index in [0.717, 1.165) is 45.6 Å². The number of pyridine rings is 1. The van der Waals surface area contributed by atoms with Gasteiger partial charge < -0.3 is 4.98 Å². The molecule has 0 bridgehead atoms. The van der Waals surface area contributed by atoms with Crippen LogP contribution in [0.5, 0.6) is 0 Å². The van der Waals surface area contributed by atoms with E-state index in [1.165, 1.54) is 11.3 Å². The lowest BCUT2D eigenvalue weighted by molar-refractivity contribution is 0.0986. The van der Waals surface area contributed by atoms with Crippen LogP contribution < -0.4 is 10.5 Å². The first kappa shape index (κ1) is 16.3. The third-order valence-electron chi connectivity index (χ3n) is 3.74. The highest BCUT2D eigenvalue weighted by atomic mass is 32.2. The largest absolute Gasteiger partial charge is 0.327 e. The van der Waals surface area contributed by atoms with Gasteiger partial charge in [-0.2, -0.15) is 0 Å². The minimum absolute atomic E-state index is 0.211. The van der Waals surface area contributed by atoms with Gasteiger partial charge in [-0.25, -0.2) is 4.98 Å². The maximum atomic E-state index is 13.0. The molecule has 1 aliphatic rings. The van der Waals surface area contributed by atoms with Crippen LogP contribution in [0.3, 0.4) is 0 Å². The van der Waals surface area contributed by atoms with Gasteiger partial charge in [0, 0.05) is 17.6 Å². The summed E-state index contributed by atoms with van der Waals surface area (Å²) in [5.74, 6) is 0.665. The molecule has 0 atom stereocenters. The molecule has 1 amide bonds. The van der Waals surface area contributed by atoms with E-state index in [4.69, 9.17) is 0 Å². The average molecular weight is 349 g/mol. The zero-order chi connectivity index (χ0) is 16.4. The SMILES string of the molecule is CCSc1c[nH]c(=O)c(C(=O)N2CCCCc3nc(C)sc32)c1. The van der Waals surface area contributed by atoms with Crippen LogP contribution in [0.25, 0.3) is 0 Å². The summed E-state index contributed by atoms with van der Waals surface area (Å²) in [6.07, 6.45) is 4.50. The van der Waals surface area contributed by atoms with Crippen LogP contribution in [-0.4, -0.2) is 28.2 Å². The van der Waals surface area contributed by atoms with E-state index >= 15 is 0 Å². The minimum Gasteiger partial charge on any atom is -0.327 e. The monoisotopic (exact) mass is 349 g/mol. The molecule has 0 spiro atoms. The number of aromatic amines is 1.